The van der Waals surface area contributed by atoms with Gasteiger partial charge in [-0.3, -0.25) is 0 Å². The van der Waals surface area contributed by atoms with Crippen LogP contribution in [0.2, 0.25) is 0 Å². The first kappa shape index (κ1) is 13.2. The molecule has 96 valence electrons. The van der Waals surface area contributed by atoms with Crippen LogP contribution in [0.4, 0.5) is 5.69 Å². The molecular formula is C17H18N2. The number of anilines is 1. The third-order valence-electron chi connectivity index (χ3n) is 3.21. The molecule has 0 atom stereocenters. The van der Waals surface area contributed by atoms with Gasteiger partial charge in [-0.2, -0.15) is 5.26 Å². The number of nitrogens with zero attached hydrogens (tertiary/aromatic N) is 2. The predicted octanol–water partition coefficient (Wildman–Crippen LogP) is 3.89. The van der Waals surface area contributed by atoms with Crippen molar-refractivity contribution in [2.75, 3.05) is 11.4 Å². The van der Waals surface area contributed by atoms with Crippen molar-refractivity contribution in [3.05, 3.63) is 65.2 Å². The maximum absolute atomic E-state index is 8.94. The lowest BCUT2D eigenvalue weighted by atomic mass is 10.1. The highest BCUT2D eigenvalue weighted by Gasteiger charge is 2.05. The van der Waals surface area contributed by atoms with Gasteiger partial charge in [0.1, 0.15) is 0 Å². The molecule has 19 heavy (non-hydrogen) atoms. The molecule has 0 bridgehead atoms. The second-order valence-corrected chi connectivity index (χ2v) is 4.66. The Labute approximate surface area is 114 Å². The van der Waals surface area contributed by atoms with Crippen LogP contribution in [0.25, 0.3) is 0 Å². The summed E-state index contributed by atoms with van der Waals surface area (Å²) in [4.78, 5) is 2.30. The van der Waals surface area contributed by atoms with Crippen LogP contribution in [0.3, 0.4) is 0 Å². The van der Waals surface area contributed by atoms with Crippen molar-refractivity contribution >= 4 is 5.69 Å². The van der Waals surface area contributed by atoms with E-state index in [1.807, 2.05) is 18.2 Å². The summed E-state index contributed by atoms with van der Waals surface area (Å²) in [6.07, 6.45) is 0. The Bertz CT molecular complexity index is 579. The zero-order chi connectivity index (χ0) is 13.7. The van der Waals surface area contributed by atoms with Gasteiger partial charge in [-0.05, 0) is 43.7 Å². The molecule has 0 spiro atoms. The highest BCUT2D eigenvalue weighted by Crippen LogP contribution is 2.18. The Hall–Kier alpha value is -2.27. The van der Waals surface area contributed by atoms with Crippen LogP contribution in [-0.2, 0) is 6.54 Å². The molecule has 0 aliphatic heterocycles. The number of benzene rings is 2. The molecular weight excluding hydrogens is 232 g/mol. The van der Waals surface area contributed by atoms with E-state index in [0.717, 1.165) is 18.7 Å². The molecule has 0 N–H and O–H groups in total. The summed E-state index contributed by atoms with van der Waals surface area (Å²) in [7, 11) is 0. The number of aryl methyl sites for hydroxylation is 1. The Kier molecular flexibility index (Phi) is 4.20. The molecule has 0 radical (unpaired) electrons. The third kappa shape index (κ3) is 3.35. The van der Waals surface area contributed by atoms with E-state index in [-0.39, 0.29) is 0 Å². The molecule has 0 saturated heterocycles. The Balaban J connectivity index is 2.19. The minimum atomic E-state index is 0.720. The van der Waals surface area contributed by atoms with E-state index in [4.69, 9.17) is 5.26 Å². The minimum Gasteiger partial charge on any atom is -0.367 e. The van der Waals surface area contributed by atoms with Crippen molar-refractivity contribution in [1.82, 2.24) is 0 Å². The lowest BCUT2D eigenvalue weighted by molar-refractivity contribution is 0.831. The van der Waals surface area contributed by atoms with Gasteiger partial charge in [0.05, 0.1) is 11.6 Å². The smallest absolute Gasteiger partial charge is 0.0991 e. The minimum absolute atomic E-state index is 0.720. The summed E-state index contributed by atoms with van der Waals surface area (Å²) < 4.78 is 0. The van der Waals surface area contributed by atoms with Crippen LogP contribution in [-0.4, -0.2) is 6.54 Å². The first-order valence-electron chi connectivity index (χ1n) is 6.53. The quantitative estimate of drug-likeness (QED) is 0.823. The fourth-order valence-corrected chi connectivity index (χ4v) is 2.10. The van der Waals surface area contributed by atoms with Gasteiger partial charge in [-0.25, -0.2) is 0 Å². The summed E-state index contributed by atoms with van der Waals surface area (Å²) >= 11 is 0. The molecule has 2 heteroatoms. The maximum atomic E-state index is 8.94. The SMILES string of the molecule is CCN(Cc1cccc(C#N)c1)c1ccc(C)cc1. The van der Waals surface area contributed by atoms with Crippen LogP contribution in [0, 0.1) is 18.3 Å². The molecule has 2 aromatic carbocycles. The molecule has 0 aromatic heterocycles. The van der Waals surface area contributed by atoms with Gasteiger partial charge in [0.2, 0.25) is 0 Å². The second-order valence-electron chi connectivity index (χ2n) is 4.66. The zero-order valence-electron chi connectivity index (χ0n) is 11.4. The molecule has 2 nitrogen and oxygen atoms in total. The van der Waals surface area contributed by atoms with Gasteiger partial charge in [-0.15, -0.1) is 0 Å². The summed E-state index contributed by atoms with van der Waals surface area (Å²) in [5.41, 5.74) is 4.38. The van der Waals surface area contributed by atoms with E-state index in [2.05, 4.69) is 55.1 Å². The standard InChI is InChI=1S/C17H18N2/c1-3-19(17-9-7-14(2)8-10-17)13-16-6-4-5-15(11-16)12-18/h4-11H,3,13H2,1-2H3. The normalized spacial score (nSPS) is 9.95. The first-order chi connectivity index (χ1) is 9.22. The average molecular weight is 250 g/mol. The fourth-order valence-electron chi connectivity index (χ4n) is 2.10. The van der Waals surface area contributed by atoms with E-state index >= 15 is 0 Å². The number of hydrogen-bond acceptors (Lipinski definition) is 2. The number of nitriles is 1. The Morgan fingerprint density at radius 1 is 1.11 bits per heavy atom. The van der Waals surface area contributed by atoms with E-state index in [0.29, 0.717) is 0 Å². The van der Waals surface area contributed by atoms with Crippen LogP contribution in [0.1, 0.15) is 23.6 Å². The molecule has 0 unspecified atom stereocenters. The highest BCUT2D eigenvalue weighted by molar-refractivity contribution is 5.48. The van der Waals surface area contributed by atoms with E-state index in [1.165, 1.54) is 16.8 Å². The van der Waals surface area contributed by atoms with Gasteiger partial charge in [0, 0.05) is 18.8 Å². The third-order valence-corrected chi connectivity index (χ3v) is 3.21. The number of hydrogen-bond donors (Lipinski definition) is 0. The molecule has 0 aliphatic carbocycles. The Morgan fingerprint density at radius 2 is 1.84 bits per heavy atom. The van der Waals surface area contributed by atoms with Gasteiger partial charge < -0.3 is 4.90 Å². The van der Waals surface area contributed by atoms with Crippen molar-refractivity contribution in [2.24, 2.45) is 0 Å². The van der Waals surface area contributed by atoms with Crippen molar-refractivity contribution in [3.63, 3.8) is 0 Å². The summed E-state index contributed by atoms with van der Waals surface area (Å²) in [5.74, 6) is 0. The summed E-state index contributed by atoms with van der Waals surface area (Å²) in [5, 5.41) is 8.94. The first-order valence-corrected chi connectivity index (χ1v) is 6.53. The largest absolute Gasteiger partial charge is 0.367 e. The van der Waals surface area contributed by atoms with Crippen molar-refractivity contribution in [1.29, 1.82) is 5.26 Å². The van der Waals surface area contributed by atoms with Gasteiger partial charge in [-0.1, -0.05) is 29.8 Å². The van der Waals surface area contributed by atoms with Gasteiger partial charge in [0.25, 0.3) is 0 Å². The molecule has 2 aromatic rings. The molecule has 0 heterocycles. The molecule has 0 aliphatic rings. The average Bonchev–Trinajstić information content (AvgIpc) is 2.46. The highest BCUT2D eigenvalue weighted by atomic mass is 15.1. The van der Waals surface area contributed by atoms with E-state index < -0.39 is 0 Å². The predicted molar refractivity (Wildman–Crippen MR) is 79.1 cm³/mol. The number of rotatable bonds is 4. The monoisotopic (exact) mass is 250 g/mol. The van der Waals surface area contributed by atoms with E-state index in [9.17, 15) is 0 Å². The van der Waals surface area contributed by atoms with Crippen LogP contribution in [0.5, 0.6) is 0 Å². The fraction of sp³-hybridized carbons (Fsp3) is 0.235. The summed E-state index contributed by atoms with van der Waals surface area (Å²) in [6, 6.07) is 18.5. The molecule has 0 saturated carbocycles. The lowest BCUT2D eigenvalue weighted by Gasteiger charge is -2.23. The van der Waals surface area contributed by atoms with Crippen molar-refractivity contribution < 1.29 is 0 Å². The van der Waals surface area contributed by atoms with Crippen LogP contribution in [0.15, 0.2) is 48.5 Å². The molecule has 0 fully saturated rings. The van der Waals surface area contributed by atoms with Crippen LogP contribution < -0.4 is 4.90 Å². The van der Waals surface area contributed by atoms with Crippen molar-refractivity contribution in [3.8, 4) is 6.07 Å². The summed E-state index contributed by atoms with van der Waals surface area (Å²) in [6.45, 7) is 6.01. The zero-order valence-corrected chi connectivity index (χ0v) is 11.4. The maximum Gasteiger partial charge on any atom is 0.0991 e. The van der Waals surface area contributed by atoms with E-state index in [1.54, 1.807) is 0 Å². The lowest BCUT2D eigenvalue weighted by Crippen LogP contribution is -2.21. The molecule has 0 amide bonds. The van der Waals surface area contributed by atoms with Crippen LogP contribution >= 0.6 is 0 Å². The van der Waals surface area contributed by atoms with Gasteiger partial charge >= 0.3 is 0 Å². The molecule has 2 rings (SSSR count). The van der Waals surface area contributed by atoms with Gasteiger partial charge in [0.15, 0.2) is 0 Å². The topological polar surface area (TPSA) is 27.0 Å². The Morgan fingerprint density at radius 3 is 2.47 bits per heavy atom. The van der Waals surface area contributed by atoms with Crippen molar-refractivity contribution in [2.45, 2.75) is 20.4 Å². The second kappa shape index (κ2) is 6.06.